The third kappa shape index (κ3) is 5.35. The van der Waals surface area contributed by atoms with E-state index in [1.807, 2.05) is 0 Å². The zero-order valence-corrected chi connectivity index (χ0v) is 14.2. The number of carbonyl (C=O) groups excluding carboxylic acids is 1. The Morgan fingerprint density at radius 3 is 2.57 bits per heavy atom. The summed E-state index contributed by atoms with van der Waals surface area (Å²) in [7, 11) is 0. The minimum atomic E-state index is -0.0455. The molecule has 0 aromatic heterocycles. The van der Waals surface area contributed by atoms with Crippen molar-refractivity contribution >= 4 is 6.03 Å². The number of carbonyl (C=O) groups is 1. The molecule has 132 valence electrons. The Labute approximate surface area is 139 Å². The summed E-state index contributed by atoms with van der Waals surface area (Å²) in [6.07, 6.45) is 14.2. The maximum Gasteiger partial charge on any atom is 0.315 e. The molecule has 3 atom stereocenters. The summed E-state index contributed by atoms with van der Waals surface area (Å²) in [5.41, 5.74) is 0. The highest BCUT2D eigenvalue weighted by Crippen LogP contribution is 2.34. The molecule has 2 bridgehead atoms. The third-order valence-electron chi connectivity index (χ3n) is 5.43. The Morgan fingerprint density at radius 1 is 1.04 bits per heavy atom. The highest BCUT2D eigenvalue weighted by Gasteiger charge is 2.41. The van der Waals surface area contributed by atoms with Gasteiger partial charge in [0.1, 0.15) is 0 Å². The van der Waals surface area contributed by atoms with E-state index in [1.54, 1.807) is 0 Å². The molecule has 2 saturated heterocycles. The normalized spacial score (nSPS) is 31.0. The van der Waals surface area contributed by atoms with Crippen LogP contribution in [0.5, 0.6) is 0 Å². The lowest BCUT2D eigenvalue weighted by Crippen LogP contribution is -2.46. The van der Waals surface area contributed by atoms with Gasteiger partial charge in [-0.1, -0.05) is 25.7 Å². The van der Waals surface area contributed by atoms with Gasteiger partial charge in [0.05, 0.1) is 24.4 Å². The Bertz CT molecular complexity index is 369. The Kier molecular flexibility index (Phi) is 6.57. The number of amides is 2. The van der Waals surface area contributed by atoms with Crippen LogP contribution >= 0.6 is 0 Å². The van der Waals surface area contributed by atoms with Gasteiger partial charge in [0, 0.05) is 13.2 Å². The summed E-state index contributed by atoms with van der Waals surface area (Å²) in [6.45, 7) is 1.55. The molecular formula is C18H32N2O3. The predicted octanol–water partition coefficient (Wildman–Crippen LogP) is 3.13. The molecule has 0 radical (unpaired) electrons. The fraction of sp³-hybridized carbons (Fsp3) is 0.944. The van der Waals surface area contributed by atoms with Gasteiger partial charge in [0.25, 0.3) is 0 Å². The molecule has 0 spiro atoms. The molecule has 0 aromatic rings. The van der Waals surface area contributed by atoms with E-state index in [0.29, 0.717) is 12.2 Å². The van der Waals surface area contributed by atoms with Crippen LogP contribution in [0.2, 0.25) is 0 Å². The molecule has 2 aliphatic heterocycles. The lowest BCUT2D eigenvalue weighted by Gasteiger charge is -2.20. The van der Waals surface area contributed by atoms with Crippen LogP contribution in [0.4, 0.5) is 4.79 Å². The number of ether oxygens (including phenoxy) is 2. The van der Waals surface area contributed by atoms with Crippen LogP contribution in [0.3, 0.4) is 0 Å². The molecule has 2 amide bonds. The summed E-state index contributed by atoms with van der Waals surface area (Å²) < 4.78 is 11.7. The second-order valence-electron chi connectivity index (χ2n) is 7.31. The zero-order valence-electron chi connectivity index (χ0n) is 14.2. The van der Waals surface area contributed by atoms with Gasteiger partial charge < -0.3 is 20.1 Å². The number of hydrogen-bond acceptors (Lipinski definition) is 3. The predicted molar refractivity (Wildman–Crippen MR) is 89.5 cm³/mol. The topological polar surface area (TPSA) is 59.6 Å². The second-order valence-corrected chi connectivity index (χ2v) is 7.31. The van der Waals surface area contributed by atoms with Crippen LogP contribution in [0.1, 0.15) is 70.6 Å². The average molecular weight is 324 g/mol. The van der Waals surface area contributed by atoms with E-state index in [4.69, 9.17) is 9.47 Å². The number of rotatable bonds is 7. The highest BCUT2D eigenvalue weighted by atomic mass is 16.5. The number of unbranched alkanes of at least 4 members (excludes halogenated alkanes) is 1. The number of urea groups is 1. The summed E-state index contributed by atoms with van der Waals surface area (Å²) >= 11 is 0. The zero-order chi connectivity index (χ0) is 15.9. The van der Waals surface area contributed by atoms with Gasteiger partial charge in [-0.15, -0.1) is 0 Å². The number of nitrogens with one attached hydrogen (secondary N) is 2. The lowest BCUT2D eigenvalue weighted by molar-refractivity contribution is 0.0411. The minimum Gasteiger partial charge on any atom is -0.378 e. The van der Waals surface area contributed by atoms with Gasteiger partial charge in [-0.05, 0) is 44.9 Å². The molecule has 0 unspecified atom stereocenters. The first-order chi connectivity index (χ1) is 11.3. The molecule has 1 saturated carbocycles. The van der Waals surface area contributed by atoms with Crippen molar-refractivity contribution in [2.75, 3.05) is 13.2 Å². The largest absolute Gasteiger partial charge is 0.378 e. The average Bonchev–Trinajstić information content (AvgIpc) is 3.06. The van der Waals surface area contributed by atoms with Crippen molar-refractivity contribution in [3.8, 4) is 0 Å². The first-order valence-electron chi connectivity index (χ1n) is 9.62. The van der Waals surface area contributed by atoms with Crippen molar-refractivity contribution < 1.29 is 14.3 Å². The van der Waals surface area contributed by atoms with Crippen molar-refractivity contribution in [1.82, 2.24) is 10.6 Å². The monoisotopic (exact) mass is 324 g/mol. The molecule has 3 rings (SSSR count). The summed E-state index contributed by atoms with van der Waals surface area (Å²) in [5, 5.41) is 6.01. The van der Waals surface area contributed by atoms with Crippen LogP contribution in [0.15, 0.2) is 0 Å². The van der Waals surface area contributed by atoms with E-state index in [1.165, 1.54) is 38.5 Å². The third-order valence-corrected chi connectivity index (χ3v) is 5.43. The smallest absolute Gasteiger partial charge is 0.315 e. The van der Waals surface area contributed by atoms with Crippen molar-refractivity contribution in [2.24, 2.45) is 0 Å². The maximum absolute atomic E-state index is 11.9. The fourth-order valence-electron chi connectivity index (χ4n) is 4.10. The van der Waals surface area contributed by atoms with Gasteiger partial charge in [0.15, 0.2) is 0 Å². The van der Waals surface area contributed by atoms with Crippen LogP contribution in [0, 0.1) is 0 Å². The van der Waals surface area contributed by atoms with Crippen LogP contribution < -0.4 is 10.6 Å². The SMILES string of the molecule is O=C(NCCCCOC1CCCCCC1)N[C@@H]1C[C@H]2CC[C@H]1O2. The van der Waals surface area contributed by atoms with Crippen LogP contribution in [-0.2, 0) is 9.47 Å². The van der Waals surface area contributed by atoms with E-state index in [0.717, 1.165) is 45.3 Å². The van der Waals surface area contributed by atoms with Gasteiger partial charge in [-0.25, -0.2) is 4.79 Å². The first kappa shape index (κ1) is 17.0. The molecule has 5 nitrogen and oxygen atoms in total. The summed E-state index contributed by atoms with van der Waals surface area (Å²) in [5.74, 6) is 0. The molecule has 0 aromatic carbocycles. The van der Waals surface area contributed by atoms with Gasteiger partial charge in [0.2, 0.25) is 0 Å². The fourth-order valence-corrected chi connectivity index (χ4v) is 4.10. The molecule has 5 heteroatoms. The van der Waals surface area contributed by atoms with Crippen molar-refractivity contribution in [3.63, 3.8) is 0 Å². The minimum absolute atomic E-state index is 0.0455. The van der Waals surface area contributed by atoms with Gasteiger partial charge >= 0.3 is 6.03 Å². The van der Waals surface area contributed by atoms with Crippen molar-refractivity contribution in [1.29, 1.82) is 0 Å². The maximum atomic E-state index is 11.9. The molecule has 2 heterocycles. The summed E-state index contributed by atoms with van der Waals surface area (Å²) in [6, 6.07) is 0.170. The molecule has 1 aliphatic carbocycles. The molecule has 23 heavy (non-hydrogen) atoms. The van der Waals surface area contributed by atoms with Crippen LogP contribution in [0.25, 0.3) is 0 Å². The molecular weight excluding hydrogens is 292 g/mol. The standard InChI is InChI=1S/C18H32N2O3/c21-18(20-16-13-15-9-10-17(16)23-15)19-11-5-6-12-22-14-7-3-1-2-4-8-14/h14-17H,1-13H2,(H2,19,20,21)/t15-,16-,17-/m1/s1. The number of fused-ring (bicyclic) bond motifs is 2. The molecule has 2 N–H and O–H groups in total. The van der Waals surface area contributed by atoms with E-state index in [9.17, 15) is 4.79 Å². The lowest BCUT2D eigenvalue weighted by atomic mass is 9.96. The molecule has 3 aliphatic rings. The van der Waals surface area contributed by atoms with Gasteiger partial charge in [-0.3, -0.25) is 0 Å². The quantitative estimate of drug-likeness (QED) is 0.559. The van der Waals surface area contributed by atoms with E-state index >= 15 is 0 Å². The van der Waals surface area contributed by atoms with E-state index in [-0.39, 0.29) is 18.2 Å². The second kappa shape index (κ2) is 8.88. The van der Waals surface area contributed by atoms with E-state index < -0.39 is 0 Å². The molecule has 3 fully saturated rings. The Hall–Kier alpha value is -0.810. The van der Waals surface area contributed by atoms with Crippen molar-refractivity contribution in [3.05, 3.63) is 0 Å². The summed E-state index contributed by atoms with van der Waals surface area (Å²) in [4.78, 5) is 11.9. The first-order valence-corrected chi connectivity index (χ1v) is 9.62. The number of hydrogen-bond donors (Lipinski definition) is 2. The Balaban J connectivity index is 1.18. The van der Waals surface area contributed by atoms with Gasteiger partial charge in [-0.2, -0.15) is 0 Å². The van der Waals surface area contributed by atoms with E-state index in [2.05, 4.69) is 10.6 Å². The Morgan fingerprint density at radius 2 is 1.87 bits per heavy atom. The highest BCUT2D eigenvalue weighted by molar-refractivity contribution is 5.74. The van der Waals surface area contributed by atoms with Crippen LogP contribution in [-0.4, -0.2) is 43.5 Å². The van der Waals surface area contributed by atoms with Crippen molar-refractivity contribution in [2.45, 2.75) is 95.0 Å².